The lowest BCUT2D eigenvalue weighted by Gasteiger charge is -2.06. The van der Waals surface area contributed by atoms with Crippen LogP contribution in [0.15, 0.2) is 42.5 Å². The van der Waals surface area contributed by atoms with Gasteiger partial charge in [0.2, 0.25) is 0 Å². The van der Waals surface area contributed by atoms with Crippen molar-refractivity contribution in [3.05, 3.63) is 53.9 Å². The molecule has 0 spiro atoms. The molecule has 112 valence electrons. The van der Waals surface area contributed by atoms with Gasteiger partial charge in [-0.25, -0.2) is 4.98 Å². The summed E-state index contributed by atoms with van der Waals surface area (Å²) in [5.74, 6) is 0.706. The van der Waals surface area contributed by atoms with Crippen LogP contribution in [0, 0.1) is 6.92 Å². The van der Waals surface area contributed by atoms with Gasteiger partial charge in [0.1, 0.15) is 11.5 Å². The fourth-order valence-corrected chi connectivity index (χ4v) is 2.89. The van der Waals surface area contributed by atoms with E-state index < -0.39 is 0 Å². The maximum absolute atomic E-state index is 12.0. The first kappa shape index (κ1) is 14.5. The largest absolute Gasteiger partial charge is 0.367 e. The van der Waals surface area contributed by atoms with Crippen LogP contribution >= 0.6 is 11.5 Å². The Hall–Kier alpha value is -2.47. The Bertz CT molecular complexity index is 799. The zero-order valence-corrected chi connectivity index (χ0v) is 13.0. The topological polar surface area (TPSA) is 66.9 Å². The Kier molecular flexibility index (Phi) is 4.29. The molecular formula is C16H16N4OS. The summed E-state index contributed by atoms with van der Waals surface area (Å²) in [6.07, 6.45) is 0. The lowest BCUT2D eigenvalue weighted by Crippen LogP contribution is -2.29. The molecule has 22 heavy (non-hydrogen) atoms. The van der Waals surface area contributed by atoms with Crippen molar-refractivity contribution in [2.45, 2.75) is 6.92 Å². The van der Waals surface area contributed by atoms with Gasteiger partial charge >= 0.3 is 0 Å². The number of amides is 1. The summed E-state index contributed by atoms with van der Waals surface area (Å²) in [6, 6.07) is 13.5. The summed E-state index contributed by atoms with van der Waals surface area (Å²) in [7, 11) is 0. The van der Waals surface area contributed by atoms with E-state index >= 15 is 0 Å². The van der Waals surface area contributed by atoms with Gasteiger partial charge in [0, 0.05) is 24.2 Å². The van der Waals surface area contributed by atoms with Gasteiger partial charge in [-0.05, 0) is 42.7 Å². The molecule has 6 heteroatoms. The van der Waals surface area contributed by atoms with Gasteiger partial charge in [-0.2, -0.15) is 4.37 Å². The number of hydrogen-bond donors (Lipinski definition) is 2. The van der Waals surface area contributed by atoms with Crippen LogP contribution in [-0.4, -0.2) is 28.4 Å². The molecule has 0 fully saturated rings. The smallest absolute Gasteiger partial charge is 0.269 e. The molecule has 0 aliphatic rings. The molecule has 2 heterocycles. The minimum absolute atomic E-state index is 0.159. The number of carbonyl (C=O) groups is 1. The summed E-state index contributed by atoms with van der Waals surface area (Å²) >= 11 is 1.47. The van der Waals surface area contributed by atoms with Crippen LogP contribution in [-0.2, 0) is 0 Å². The van der Waals surface area contributed by atoms with Crippen molar-refractivity contribution in [2.24, 2.45) is 0 Å². The lowest BCUT2D eigenvalue weighted by atomic mass is 10.2. The minimum Gasteiger partial charge on any atom is -0.367 e. The van der Waals surface area contributed by atoms with E-state index in [1.807, 2.05) is 43.3 Å². The summed E-state index contributed by atoms with van der Waals surface area (Å²) in [4.78, 5) is 16.2. The van der Waals surface area contributed by atoms with Crippen molar-refractivity contribution in [1.29, 1.82) is 0 Å². The molecule has 2 N–H and O–H groups in total. The molecule has 0 saturated heterocycles. The Morgan fingerprint density at radius 2 is 2.00 bits per heavy atom. The average molecular weight is 312 g/mol. The van der Waals surface area contributed by atoms with E-state index in [2.05, 4.69) is 20.0 Å². The molecule has 3 rings (SSSR count). The first-order valence-electron chi connectivity index (χ1n) is 7.04. The van der Waals surface area contributed by atoms with Crippen LogP contribution in [0.1, 0.15) is 16.2 Å². The molecule has 0 aliphatic carbocycles. The van der Waals surface area contributed by atoms with Crippen LogP contribution in [0.25, 0.3) is 10.1 Å². The zero-order chi connectivity index (χ0) is 15.4. The van der Waals surface area contributed by atoms with Crippen molar-refractivity contribution in [1.82, 2.24) is 14.7 Å². The normalized spacial score (nSPS) is 10.6. The molecule has 0 saturated carbocycles. The van der Waals surface area contributed by atoms with Gasteiger partial charge in [0.25, 0.3) is 5.91 Å². The first-order chi connectivity index (χ1) is 10.7. The Morgan fingerprint density at radius 3 is 2.86 bits per heavy atom. The number of hydrogen-bond acceptors (Lipinski definition) is 5. The monoisotopic (exact) mass is 312 g/mol. The number of pyridine rings is 1. The number of fused-ring (bicyclic) bond motifs is 1. The molecule has 0 radical (unpaired) electrons. The van der Waals surface area contributed by atoms with Crippen molar-refractivity contribution >= 4 is 33.3 Å². The number of aryl methyl sites for hydroxylation is 1. The average Bonchev–Trinajstić information content (AvgIpc) is 2.95. The minimum atomic E-state index is -0.159. The predicted octanol–water partition coefficient (Wildman–Crippen LogP) is 2.84. The zero-order valence-electron chi connectivity index (χ0n) is 12.2. The first-order valence-corrected chi connectivity index (χ1v) is 7.81. The molecule has 1 amide bonds. The van der Waals surface area contributed by atoms with Crippen molar-refractivity contribution in [2.75, 3.05) is 18.4 Å². The summed E-state index contributed by atoms with van der Waals surface area (Å²) in [5, 5.41) is 7.21. The van der Waals surface area contributed by atoms with E-state index in [4.69, 9.17) is 0 Å². The van der Waals surface area contributed by atoms with Crippen LogP contribution in [0.4, 0.5) is 5.82 Å². The Morgan fingerprint density at radius 1 is 1.14 bits per heavy atom. The van der Waals surface area contributed by atoms with Crippen LogP contribution in [0.3, 0.4) is 0 Å². The quantitative estimate of drug-likeness (QED) is 0.711. The number of nitrogens with one attached hydrogen (secondary N) is 2. The van der Waals surface area contributed by atoms with E-state index in [1.54, 1.807) is 6.07 Å². The highest BCUT2D eigenvalue weighted by atomic mass is 32.1. The van der Waals surface area contributed by atoms with Crippen LogP contribution in [0.2, 0.25) is 0 Å². The number of benzene rings is 1. The van der Waals surface area contributed by atoms with Crippen molar-refractivity contribution in [3.8, 4) is 0 Å². The maximum Gasteiger partial charge on any atom is 0.269 e. The standard InChI is InChI=1S/C16H16N4OS/c1-11-5-4-7-13(19-11)16(21)18-10-9-17-15-12-6-2-3-8-14(12)22-20-15/h2-8H,9-10H2,1H3,(H,17,20)(H,18,21). The Labute approximate surface area is 132 Å². The molecule has 3 aromatic rings. The fraction of sp³-hybridized carbons (Fsp3) is 0.188. The summed E-state index contributed by atoms with van der Waals surface area (Å²) in [6.45, 7) is 3.00. The van der Waals surface area contributed by atoms with Gasteiger partial charge < -0.3 is 10.6 Å². The second kappa shape index (κ2) is 6.53. The van der Waals surface area contributed by atoms with Gasteiger partial charge in [0.05, 0.1) is 4.70 Å². The Balaban J connectivity index is 1.52. The summed E-state index contributed by atoms with van der Waals surface area (Å²) < 4.78 is 5.54. The lowest BCUT2D eigenvalue weighted by molar-refractivity contribution is 0.0950. The molecule has 0 unspecified atom stereocenters. The third-order valence-electron chi connectivity index (χ3n) is 3.20. The third kappa shape index (κ3) is 3.23. The molecule has 1 aromatic carbocycles. The van der Waals surface area contributed by atoms with E-state index in [1.165, 1.54) is 11.5 Å². The molecular weight excluding hydrogens is 296 g/mol. The highest BCUT2D eigenvalue weighted by molar-refractivity contribution is 7.13. The highest BCUT2D eigenvalue weighted by Gasteiger charge is 2.07. The fourth-order valence-electron chi connectivity index (χ4n) is 2.13. The van der Waals surface area contributed by atoms with Crippen LogP contribution in [0.5, 0.6) is 0 Å². The van der Waals surface area contributed by atoms with Crippen molar-refractivity contribution in [3.63, 3.8) is 0 Å². The number of carbonyl (C=O) groups excluding carboxylic acids is 1. The number of anilines is 1. The van der Waals surface area contributed by atoms with Gasteiger partial charge in [0.15, 0.2) is 0 Å². The predicted molar refractivity (Wildman–Crippen MR) is 89.4 cm³/mol. The second-order valence-electron chi connectivity index (χ2n) is 4.87. The molecule has 0 aliphatic heterocycles. The van der Waals surface area contributed by atoms with Gasteiger partial charge in [-0.1, -0.05) is 18.2 Å². The second-order valence-corrected chi connectivity index (χ2v) is 5.68. The number of aromatic nitrogens is 2. The van der Waals surface area contributed by atoms with Crippen molar-refractivity contribution < 1.29 is 4.79 Å². The van der Waals surface area contributed by atoms with Gasteiger partial charge in [-0.15, -0.1) is 0 Å². The number of rotatable bonds is 5. The molecule has 2 aromatic heterocycles. The van der Waals surface area contributed by atoms with Gasteiger partial charge in [-0.3, -0.25) is 4.79 Å². The molecule has 0 bridgehead atoms. The summed E-state index contributed by atoms with van der Waals surface area (Å²) in [5.41, 5.74) is 1.28. The SMILES string of the molecule is Cc1cccc(C(=O)NCCNc2nsc3ccccc23)n1. The van der Waals surface area contributed by atoms with E-state index in [0.717, 1.165) is 21.6 Å². The number of nitrogens with zero attached hydrogens (tertiary/aromatic N) is 2. The van der Waals surface area contributed by atoms with E-state index in [-0.39, 0.29) is 5.91 Å². The third-order valence-corrected chi connectivity index (χ3v) is 4.03. The molecule has 0 atom stereocenters. The maximum atomic E-state index is 12.0. The van der Waals surface area contributed by atoms with Crippen LogP contribution < -0.4 is 10.6 Å². The molecule has 5 nitrogen and oxygen atoms in total. The van der Waals surface area contributed by atoms with E-state index in [9.17, 15) is 4.79 Å². The van der Waals surface area contributed by atoms with E-state index in [0.29, 0.717) is 18.8 Å². The highest BCUT2D eigenvalue weighted by Crippen LogP contribution is 2.25.